The molecule has 1 aromatic rings. The van der Waals surface area contributed by atoms with Crippen LogP contribution in [0.4, 0.5) is 0 Å². The second kappa shape index (κ2) is 5.21. The number of rotatable bonds is 4. The van der Waals surface area contributed by atoms with E-state index >= 15 is 0 Å². The van der Waals surface area contributed by atoms with E-state index in [0.29, 0.717) is 5.56 Å². The Bertz CT molecular complexity index is 487. The highest BCUT2D eigenvalue weighted by atomic mass is 16.4. The van der Waals surface area contributed by atoms with Crippen LogP contribution in [0.3, 0.4) is 0 Å². The van der Waals surface area contributed by atoms with Crippen LogP contribution < -0.4 is 0 Å². The van der Waals surface area contributed by atoms with Gasteiger partial charge in [-0.25, -0.2) is 9.59 Å². The van der Waals surface area contributed by atoms with E-state index in [1.54, 1.807) is 6.07 Å². The van der Waals surface area contributed by atoms with E-state index in [1.165, 1.54) is 6.07 Å². The smallest absolute Gasteiger partial charge is 0.336 e. The summed E-state index contributed by atoms with van der Waals surface area (Å²) in [6, 6.07) is 3.10. The molecule has 0 saturated carbocycles. The summed E-state index contributed by atoms with van der Waals surface area (Å²) in [5.41, 5.74) is 1.30. The number of hydrogen-bond donors (Lipinski definition) is 2. The van der Waals surface area contributed by atoms with Gasteiger partial charge in [0.25, 0.3) is 0 Å². The van der Waals surface area contributed by atoms with Gasteiger partial charge in [0.2, 0.25) is 0 Å². The van der Waals surface area contributed by atoms with Gasteiger partial charge in [-0.2, -0.15) is 0 Å². The van der Waals surface area contributed by atoms with Crippen LogP contribution in [0.5, 0.6) is 0 Å². The van der Waals surface area contributed by atoms with Gasteiger partial charge < -0.3 is 10.2 Å². The van der Waals surface area contributed by atoms with Crippen LogP contribution in [0.15, 0.2) is 12.1 Å². The van der Waals surface area contributed by atoms with Crippen molar-refractivity contribution in [1.29, 1.82) is 0 Å². The summed E-state index contributed by atoms with van der Waals surface area (Å²) in [5.74, 6) is -2.26. The normalized spacial score (nSPS) is 11.0. The van der Waals surface area contributed by atoms with Crippen LogP contribution in [-0.2, 0) is 0 Å². The molecule has 1 aromatic carbocycles. The Hall–Kier alpha value is -1.84. The van der Waals surface area contributed by atoms with Gasteiger partial charge in [-0.1, -0.05) is 33.8 Å². The molecule has 0 aliphatic heterocycles. The second-order valence-electron chi connectivity index (χ2n) is 4.91. The fourth-order valence-corrected chi connectivity index (χ4v) is 2.17. The number of aromatic carboxylic acids is 2. The highest BCUT2D eigenvalue weighted by Gasteiger charge is 2.25. The molecular formula is C14H18O4. The molecule has 4 nitrogen and oxygen atoms in total. The van der Waals surface area contributed by atoms with Crippen molar-refractivity contribution in [3.63, 3.8) is 0 Å². The fourth-order valence-electron chi connectivity index (χ4n) is 2.17. The minimum atomic E-state index is -1.20. The number of carboxylic acid groups (broad SMARTS) is 2. The first-order valence-electron chi connectivity index (χ1n) is 5.90. The molecule has 0 aliphatic rings. The summed E-state index contributed by atoms with van der Waals surface area (Å²) < 4.78 is 0. The average Bonchev–Trinajstić information content (AvgIpc) is 2.26. The molecule has 0 aromatic heterocycles. The first kappa shape index (κ1) is 14.2. The Morgan fingerprint density at radius 2 is 1.50 bits per heavy atom. The molecule has 18 heavy (non-hydrogen) atoms. The molecule has 0 aliphatic carbocycles. The zero-order chi connectivity index (χ0) is 14.0. The Kier molecular flexibility index (Phi) is 4.11. The van der Waals surface area contributed by atoms with Crippen LogP contribution in [0.25, 0.3) is 0 Å². The molecule has 0 unspecified atom stereocenters. The van der Waals surface area contributed by atoms with Crippen molar-refractivity contribution in [3.05, 3.63) is 34.4 Å². The van der Waals surface area contributed by atoms with Crippen LogP contribution in [0, 0.1) is 0 Å². The van der Waals surface area contributed by atoms with Crippen molar-refractivity contribution in [2.75, 3.05) is 0 Å². The predicted molar refractivity (Wildman–Crippen MR) is 68.5 cm³/mol. The highest BCUT2D eigenvalue weighted by Crippen LogP contribution is 2.31. The van der Waals surface area contributed by atoms with Crippen LogP contribution in [0.1, 0.15) is 71.4 Å². The zero-order valence-corrected chi connectivity index (χ0v) is 11.0. The summed E-state index contributed by atoms with van der Waals surface area (Å²) in [6.45, 7) is 7.68. The van der Waals surface area contributed by atoms with Crippen molar-refractivity contribution in [1.82, 2.24) is 0 Å². The van der Waals surface area contributed by atoms with E-state index in [9.17, 15) is 14.7 Å². The average molecular weight is 250 g/mol. The van der Waals surface area contributed by atoms with E-state index in [4.69, 9.17) is 5.11 Å². The van der Waals surface area contributed by atoms with E-state index in [1.807, 2.05) is 27.7 Å². The van der Waals surface area contributed by atoms with Gasteiger partial charge in [-0.15, -0.1) is 0 Å². The Balaban J connectivity index is 3.71. The number of hydrogen-bond acceptors (Lipinski definition) is 2. The van der Waals surface area contributed by atoms with E-state index < -0.39 is 11.9 Å². The van der Waals surface area contributed by atoms with Gasteiger partial charge in [-0.05, 0) is 29.0 Å². The lowest BCUT2D eigenvalue weighted by Gasteiger charge is -2.19. The molecule has 0 amide bonds. The maximum atomic E-state index is 11.4. The van der Waals surface area contributed by atoms with Crippen molar-refractivity contribution >= 4 is 11.9 Å². The molecule has 0 atom stereocenters. The third kappa shape index (κ3) is 2.53. The van der Waals surface area contributed by atoms with Gasteiger partial charge in [0.15, 0.2) is 0 Å². The van der Waals surface area contributed by atoms with E-state index in [-0.39, 0.29) is 23.0 Å². The molecule has 0 fully saturated rings. The monoisotopic (exact) mass is 250 g/mol. The Morgan fingerprint density at radius 1 is 0.944 bits per heavy atom. The fraction of sp³-hybridized carbons (Fsp3) is 0.429. The molecular weight excluding hydrogens is 232 g/mol. The van der Waals surface area contributed by atoms with Crippen molar-refractivity contribution in [2.24, 2.45) is 0 Å². The maximum absolute atomic E-state index is 11.4. The SMILES string of the molecule is CC(C)c1ccc(C(=O)O)c(C(=O)O)c1C(C)C. The topological polar surface area (TPSA) is 74.6 Å². The Labute approximate surface area is 106 Å². The standard InChI is InChI=1S/C14H18O4/c1-7(2)9-5-6-10(13(15)16)12(14(17)18)11(9)8(3)4/h5-8H,1-4H3,(H,15,16)(H,17,18). The van der Waals surface area contributed by atoms with Crippen LogP contribution in [-0.4, -0.2) is 22.2 Å². The summed E-state index contributed by atoms with van der Waals surface area (Å²) in [6.07, 6.45) is 0. The first-order chi connectivity index (χ1) is 8.27. The quantitative estimate of drug-likeness (QED) is 0.859. The molecule has 4 heteroatoms. The number of benzene rings is 1. The molecule has 98 valence electrons. The summed E-state index contributed by atoms with van der Waals surface area (Å²) in [5, 5.41) is 18.4. The highest BCUT2D eigenvalue weighted by molar-refractivity contribution is 6.03. The summed E-state index contributed by atoms with van der Waals surface area (Å²) >= 11 is 0. The van der Waals surface area contributed by atoms with Crippen molar-refractivity contribution in [2.45, 2.75) is 39.5 Å². The summed E-state index contributed by atoms with van der Waals surface area (Å²) in [7, 11) is 0. The predicted octanol–water partition coefficient (Wildman–Crippen LogP) is 3.33. The lowest BCUT2D eigenvalue weighted by atomic mass is 9.84. The number of carbonyl (C=O) groups is 2. The van der Waals surface area contributed by atoms with Crippen LogP contribution in [0.2, 0.25) is 0 Å². The third-order valence-electron chi connectivity index (χ3n) is 2.92. The minimum absolute atomic E-state index is 0.0344. The molecule has 0 heterocycles. The first-order valence-corrected chi connectivity index (χ1v) is 5.90. The molecule has 0 saturated heterocycles. The molecule has 1 rings (SSSR count). The van der Waals surface area contributed by atoms with Crippen LogP contribution >= 0.6 is 0 Å². The molecule has 2 N–H and O–H groups in total. The van der Waals surface area contributed by atoms with E-state index in [0.717, 1.165) is 5.56 Å². The largest absolute Gasteiger partial charge is 0.478 e. The lowest BCUT2D eigenvalue weighted by Crippen LogP contribution is -2.15. The van der Waals surface area contributed by atoms with Gasteiger partial charge in [-0.3, -0.25) is 0 Å². The molecule has 0 bridgehead atoms. The number of carboxylic acids is 2. The van der Waals surface area contributed by atoms with Crippen molar-refractivity contribution in [3.8, 4) is 0 Å². The van der Waals surface area contributed by atoms with Gasteiger partial charge in [0.05, 0.1) is 11.1 Å². The maximum Gasteiger partial charge on any atom is 0.336 e. The molecule has 0 radical (unpaired) electrons. The van der Waals surface area contributed by atoms with Gasteiger partial charge in [0.1, 0.15) is 0 Å². The Morgan fingerprint density at radius 3 is 1.83 bits per heavy atom. The third-order valence-corrected chi connectivity index (χ3v) is 2.92. The minimum Gasteiger partial charge on any atom is -0.478 e. The van der Waals surface area contributed by atoms with E-state index in [2.05, 4.69) is 0 Å². The second-order valence-corrected chi connectivity index (χ2v) is 4.91. The zero-order valence-electron chi connectivity index (χ0n) is 11.0. The van der Waals surface area contributed by atoms with Crippen molar-refractivity contribution < 1.29 is 19.8 Å². The molecule has 0 spiro atoms. The van der Waals surface area contributed by atoms with Gasteiger partial charge >= 0.3 is 11.9 Å². The summed E-state index contributed by atoms with van der Waals surface area (Å²) in [4.78, 5) is 22.5. The van der Waals surface area contributed by atoms with Gasteiger partial charge in [0, 0.05) is 0 Å². The lowest BCUT2D eigenvalue weighted by molar-refractivity contribution is 0.0650.